The van der Waals surface area contributed by atoms with E-state index in [1.54, 1.807) is 13.0 Å². The van der Waals surface area contributed by atoms with Gasteiger partial charge in [0.2, 0.25) is 5.95 Å². The third-order valence-electron chi connectivity index (χ3n) is 4.98. The molecule has 0 atom stereocenters. The number of esters is 1. The maximum absolute atomic E-state index is 12.5. The molecule has 0 fully saturated rings. The van der Waals surface area contributed by atoms with Crippen molar-refractivity contribution < 1.29 is 14.5 Å². The summed E-state index contributed by atoms with van der Waals surface area (Å²) in [4.78, 5) is 35.5. The minimum Gasteiger partial charge on any atom is -0.462 e. The third-order valence-corrected chi connectivity index (χ3v) is 4.98. The van der Waals surface area contributed by atoms with Gasteiger partial charge in [0.05, 0.1) is 17.2 Å². The van der Waals surface area contributed by atoms with E-state index in [4.69, 9.17) is 4.74 Å². The summed E-state index contributed by atoms with van der Waals surface area (Å²) in [5, 5.41) is 16.9. The zero-order chi connectivity index (χ0) is 24.7. The van der Waals surface area contributed by atoms with Crippen LogP contribution in [0.2, 0.25) is 0 Å². The van der Waals surface area contributed by atoms with E-state index in [1.165, 1.54) is 24.0 Å². The molecule has 0 amide bonds. The molecule has 0 aliphatic rings. The molecule has 0 aliphatic heterocycles. The Hall–Kier alpha value is -4.08. The van der Waals surface area contributed by atoms with Gasteiger partial charge in [0, 0.05) is 30.9 Å². The first kappa shape index (κ1) is 24.6. The molecule has 10 nitrogen and oxygen atoms in total. The largest absolute Gasteiger partial charge is 0.462 e. The number of hydrogen-bond donors (Lipinski definition) is 2. The number of pyridine rings is 1. The summed E-state index contributed by atoms with van der Waals surface area (Å²) in [5.74, 6) is 0.405. The number of carbonyl (C=O) groups excluding carboxylic acids is 1. The third kappa shape index (κ3) is 6.25. The zero-order valence-electron chi connectivity index (χ0n) is 19.7. The van der Waals surface area contributed by atoms with Crippen molar-refractivity contribution in [3.05, 3.63) is 70.0 Å². The number of ether oxygens (including phenoxy) is 1. The predicted molar refractivity (Wildman–Crippen MR) is 130 cm³/mol. The molecule has 3 aromatic rings. The van der Waals surface area contributed by atoms with E-state index < -0.39 is 10.9 Å². The standard InChI is InChI=1S/C24H28N6O4/c1-5-34-22(31)19-15-28-23(26-13-12-25-20-11-10-18(14-27-20)30(32)33)29-21(19)16-6-8-17(9-7-16)24(2,3)4/h6-11,14-15H,5,12-13H2,1-4H3,(H,25,27)(H,26,28,29). The average molecular weight is 465 g/mol. The molecule has 2 aromatic heterocycles. The number of anilines is 2. The molecule has 0 spiro atoms. The Morgan fingerprint density at radius 3 is 2.32 bits per heavy atom. The van der Waals surface area contributed by atoms with Crippen LogP contribution in [0.5, 0.6) is 0 Å². The highest BCUT2D eigenvalue weighted by Crippen LogP contribution is 2.28. The average Bonchev–Trinajstić information content (AvgIpc) is 2.81. The van der Waals surface area contributed by atoms with Gasteiger partial charge in [-0.3, -0.25) is 10.1 Å². The maximum atomic E-state index is 12.5. The summed E-state index contributed by atoms with van der Waals surface area (Å²) in [5.41, 5.74) is 2.68. The lowest BCUT2D eigenvalue weighted by molar-refractivity contribution is -0.385. The summed E-state index contributed by atoms with van der Waals surface area (Å²) in [6, 6.07) is 10.9. The van der Waals surface area contributed by atoms with Gasteiger partial charge in [0.1, 0.15) is 17.6 Å². The van der Waals surface area contributed by atoms with E-state index in [0.29, 0.717) is 36.1 Å². The molecule has 0 aliphatic carbocycles. The quantitative estimate of drug-likeness (QED) is 0.204. The lowest BCUT2D eigenvalue weighted by Crippen LogP contribution is -2.17. The SMILES string of the molecule is CCOC(=O)c1cnc(NCCNc2ccc([N+](=O)[O-])cn2)nc1-c1ccc(C(C)(C)C)cc1. The van der Waals surface area contributed by atoms with Crippen LogP contribution in [0.15, 0.2) is 48.8 Å². The smallest absolute Gasteiger partial charge is 0.341 e. The summed E-state index contributed by atoms with van der Waals surface area (Å²) in [6.45, 7) is 9.35. The van der Waals surface area contributed by atoms with E-state index >= 15 is 0 Å². The van der Waals surface area contributed by atoms with Crippen LogP contribution in [0.4, 0.5) is 17.5 Å². The molecule has 0 radical (unpaired) electrons. The van der Waals surface area contributed by atoms with Crippen molar-refractivity contribution in [2.75, 3.05) is 30.3 Å². The van der Waals surface area contributed by atoms with Crippen LogP contribution in [-0.2, 0) is 10.2 Å². The molecular formula is C24H28N6O4. The second kappa shape index (κ2) is 10.7. The van der Waals surface area contributed by atoms with Gasteiger partial charge in [-0.25, -0.2) is 19.7 Å². The highest BCUT2D eigenvalue weighted by molar-refractivity contribution is 5.96. The van der Waals surface area contributed by atoms with Crippen molar-refractivity contribution in [3.8, 4) is 11.3 Å². The molecule has 1 aromatic carbocycles. The lowest BCUT2D eigenvalue weighted by atomic mass is 9.86. The Bertz CT molecular complexity index is 1140. The number of nitrogens with zero attached hydrogens (tertiary/aromatic N) is 4. The maximum Gasteiger partial charge on any atom is 0.341 e. The molecular weight excluding hydrogens is 436 g/mol. The molecule has 2 heterocycles. The number of rotatable bonds is 9. The monoisotopic (exact) mass is 464 g/mol. The Labute approximate surface area is 198 Å². The predicted octanol–water partition coefficient (Wildman–Crippen LogP) is 4.45. The van der Waals surface area contributed by atoms with Crippen LogP contribution >= 0.6 is 0 Å². The van der Waals surface area contributed by atoms with Crippen LogP contribution in [0.25, 0.3) is 11.3 Å². The van der Waals surface area contributed by atoms with E-state index in [2.05, 4.69) is 46.4 Å². The summed E-state index contributed by atoms with van der Waals surface area (Å²) >= 11 is 0. The van der Waals surface area contributed by atoms with Crippen molar-refractivity contribution in [2.45, 2.75) is 33.1 Å². The first-order chi connectivity index (χ1) is 16.2. The lowest BCUT2D eigenvalue weighted by Gasteiger charge is -2.19. The van der Waals surface area contributed by atoms with Gasteiger partial charge < -0.3 is 15.4 Å². The van der Waals surface area contributed by atoms with Crippen molar-refractivity contribution in [1.82, 2.24) is 15.0 Å². The van der Waals surface area contributed by atoms with Gasteiger partial charge in [-0.1, -0.05) is 45.0 Å². The van der Waals surface area contributed by atoms with Gasteiger partial charge in [0.15, 0.2) is 0 Å². The van der Waals surface area contributed by atoms with Crippen molar-refractivity contribution in [3.63, 3.8) is 0 Å². The van der Waals surface area contributed by atoms with Crippen LogP contribution in [0.1, 0.15) is 43.6 Å². The van der Waals surface area contributed by atoms with E-state index in [-0.39, 0.29) is 17.7 Å². The number of aromatic nitrogens is 3. The topological polar surface area (TPSA) is 132 Å². The minimum atomic E-state index is -0.496. The second-order valence-electron chi connectivity index (χ2n) is 8.52. The first-order valence-electron chi connectivity index (χ1n) is 10.9. The number of hydrogen-bond acceptors (Lipinski definition) is 9. The van der Waals surface area contributed by atoms with Gasteiger partial charge >= 0.3 is 5.97 Å². The van der Waals surface area contributed by atoms with Gasteiger partial charge in [-0.2, -0.15) is 0 Å². The minimum absolute atomic E-state index is 0.00637. The molecule has 10 heteroatoms. The number of nitro groups is 1. The fraction of sp³-hybridized carbons (Fsp3) is 0.333. The number of benzene rings is 1. The Kier molecular flexibility index (Phi) is 7.72. The van der Waals surface area contributed by atoms with E-state index in [9.17, 15) is 14.9 Å². The molecule has 2 N–H and O–H groups in total. The number of nitrogens with one attached hydrogen (secondary N) is 2. The summed E-state index contributed by atoms with van der Waals surface area (Å²) in [6.07, 6.45) is 2.66. The van der Waals surface area contributed by atoms with Crippen molar-refractivity contribution in [1.29, 1.82) is 0 Å². The fourth-order valence-electron chi connectivity index (χ4n) is 3.14. The molecule has 0 saturated carbocycles. The Balaban J connectivity index is 1.73. The molecule has 34 heavy (non-hydrogen) atoms. The molecule has 0 bridgehead atoms. The normalized spacial score (nSPS) is 11.1. The van der Waals surface area contributed by atoms with Gasteiger partial charge in [-0.05, 0) is 24.0 Å². The van der Waals surface area contributed by atoms with E-state index in [1.807, 2.05) is 24.3 Å². The van der Waals surface area contributed by atoms with Gasteiger partial charge in [-0.15, -0.1) is 0 Å². The molecule has 3 rings (SSSR count). The van der Waals surface area contributed by atoms with Crippen LogP contribution in [-0.4, -0.2) is 45.5 Å². The van der Waals surface area contributed by atoms with Crippen LogP contribution in [0, 0.1) is 10.1 Å². The zero-order valence-corrected chi connectivity index (χ0v) is 19.7. The second-order valence-corrected chi connectivity index (χ2v) is 8.52. The summed E-state index contributed by atoms with van der Waals surface area (Å²) < 4.78 is 5.18. The first-order valence-corrected chi connectivity index (χ1v) is 10.9. The molecule has 178 valence electrons. The number of carbonyl (C=O) groups is 1. The van der Waals surface area contributed by atoms with Crippen molar-refractivity contribution in [2.24, 2.45) is 0 Å². The van der Waals surface area contributed by atoms with Crippen molar-refractivity contribution >= 4 is 23.4 Å². The van der Waals surface area contributed by atoms with Crippen LogP contribution < -0.4 is 10.6 Å². The van der Waals surface area contributed by atoms with E-state index in [0.717, 1.165) is 5.56 Å². The summed E-state index contributed by atoms with van der Waals surface area (Å²) in [7, 11) is 0. The molecule has 0 saturated heterocycles. The molecule has 0 unspecified atom stereocenters. The Morgan fingerprint density at radius 2 is 1.74 bits per heavy atom. The highest BCUT2D eigenvalue weighted by Gasteiger charge is 2.19. The van der Waals surface area contributed by atoms with Gasteiger partial charge in [0.25, 0.3) is 5.69 Å². The highest BCUT2D eigenvalue weighted by atomic mass is 16.6. The fourth-order valence-corrected chi connectivity index (χ4v) is 3.14. The van der Waals surface area contributed by atoms with Crippen LogP contribution in [0.3, 0.4) is 0 Å². The Morgan fingerprint density at radius 1 is 1.03 bits per heavy atom.